The highest BCUT2D eigenvalue weighted by Crippen LogP contribution is 2.35. The largest absolute Gasteiger partial charge is 0.480 e. The Balaban J connectivity index is 1.51. The van der Waals surface area contributed by atoms with E-state index >= 15 is 0 Å². The van der Waals surface area contributed by atoms with Crippen LogP contribution in [-0.2, 0) is 4.79 Å². The molecule has 0 amide bonds. The zero-order valence-electron chi connectivity index (χ0n) is 11.8. The van der Waals surface area contributed by atoms with Crippen molar-refractivity contribution in [1.29, 1.82) is 0 Å². The standard InChI is InChI=1S/C15H20ClN3O2/c16-13-7-17-4-3-14(13)18-11-5-12(6-11)19(9-15(20)21)8-10-1-2-10/h3-4,7,10-12H,1-2,5-6,8-9H2,(H,17,18)(H,20,21). The van der Waals surface area contributed by atoms with Crippen molar-refractivity contribution in [2.24, 2.45) is 5.92 Å². The summed E-state index contributed by atoms with van der Waals surface area (Å²) >= 11 is 6.08. The van der Waals surface area contributed by atoms with Crippen molar-refractivity contribution >= 4 is 23.3 Å². The van der Waals surface area contributed by atoms with Gasteiger partial charge in [0.2, 0.25) is 0 Å². The van der Waals surface area contributed by atoms with Gasteiger partial charge in [0.15, 0.2) is 0 Å². The summed E-state index contributed by atoms with van der Waals surface area (Å²) in [6.45, 7) is 1.09. The van der Waals surface area contributed by atoms with E-state index in [9.17, 15) is 4.79 Å². The number of halogens is 1. The number of anilines is 1. The number of nitrogens with zero attached hydrogens (tertiary/aromatic N) is 2. The highest BCUT2D eigenvalue weighted by molar-refractivity contribution is 6.33. The van der Waals surface area contributed by atoms with Crippen LogP contribution in [0.4, 0.5) is 5.69 Å². The molecule has 2 fully saturated rings. The molecule has 0 spiro atoms. The van der Waals surface area contributed by atoms with E-state index in [1.807, 2.05) is 6.07 Å². The number of pyridine rings is 1. The van der Waals surface area contributed by atoms with Crippen molar-refractivity contribution in [3.8, 4) is 0 Å². The molecule has 2 N–H and O–H groups in total. The molecule has 0 aliphatic heterocycles. The molecule has 5 nitrogen and oxygen atoms in total. The lowest BCUT2D eigenvalue weighted by molar-refractivity contribution is -0.139. The molecule has 1 heterocycles. The van der Waals surface area contributed by atoms with Crippen LogP contribution in [0.25, 0.3) is 0 Å². The third kappa shape index (κ3) is 3.86. The molecule has 0 unspecified atom stereocenters. The van der Waals surface area contributed by atoms with E-state index in [0.29, 0.717) is 23.0 Å². The van der Waals surface area contributed by atoms with Crippen molar-refractivity contribution in [1.82, 2.24) is 9.88 Å². The first-order valence-corrected chi connectivity index (χ1v) is 7.81. The van der Waals surface area contributed by atoms with Gasteiger partial charge in [-0.1, -0.05) is 11.6 Å². The second-order valence-electron chi connectivity index (χ2n) is 6.09. The highest BCUT2D eigenvalue weighted by Gasteiger charge is 2.37. The minimum absolute atomic E-state index is 0.157. The van der Waals surface area contributed by atoms with Crippen LogP contribution >= 0.6 is 11.6 Å². The summed E-state index contributed by atoms with van der Waals surface area (Å²) in [5, 5.41) is 13.1. The molecule has 0 aromatic carbocycles. The SMILES string of the molecule is O=C(O)CN(CC1CC1)C1CC(Nc2ccncc2Cl)C1. The maximum atomic E-state index is 11.0. The van der Waals surface area contributed by atoms with Crippen LogP contribution in [0.15, 0.2) is 18.5 Å². The van der Waals surface area contributed by atoms with Crippen LogP contribution in [0.3, 0.4) is 0 Å². The van der Waals surface area contributed by atoms with Gasteiger partial charge in [0.1, 0.15) is 0 Å². The van der Waals surface area contributed by atoms with Crippen molar-refractivity contribution in [3.05, 3.63) is 23.5 Å². The lowest BCUT2D eigenvalue weighted by atomic mass is 9.85. The third-order valence-electron chi connectivity index (χ3n) is 4.29. The first-order valence-electron chi connectivity index (χ1n) is 7.43. The first kappa shape index (κ1) is 14.6. The van der Waals surface area contributed by atoms with Crippen molar-refractivity contribution < 1.29 is 9.90 Å². The van der Waals surface area contributed by atoms with Crippen LogP contribution in [0.1, 0.15) is 25.7 Å². The fraction of sp³-hybridized carbons (Fsp3) is 0.600. The highest BCUT2D eigenvalue weighted by atomic mass is 35.5. The molecule has 0 saturated heterocycles. The second-order valence-corrected chi connectivity index (χ2v) is 6.50. The molecule has 21 heavy (non-hydrogen) atoms. The predicted molar refractivity (Wildman–Crippen MR) is 81.6 cm³/mol. The minimum Gasteiger partial charge on any atom is -0.480 e. The molecular weight excluding hydrogens is 290 g/mol. The topological polar surface area (TPSA) is 65.5 Å². The van der Waals surface area contributed by atoms with Gasteiger partial charge in [0, 0.05) is 31.0 Å². The van der Waals surface area contributed by atoms with Crippen LogP contribution in [0, 0.1) is 5.92 Å². The van der Waals surface area contributed by atoms with E-state index in [2.05, 4.69) is 15.2 Å². The van der Waals surface area contributed by atoms with E-state index in [4.69, 9.17) is 16.7 Å². The number of aliphatic carboxylic acids is 1. The van der Waals surface area contributed by atoms with Crippen molar-refractivity contribution in [2.45, 2.75) is 37.8 Å². The number of carbonyl (C=O) groups is 1. The molecule has 3 rings (SSSR count). The summed E-state index contributed by atoms with van der Waals surface area (Å²) in [4.78, 5) is 17.1. The molecule has 0 radical (unpaired) electrons. The Labute approximate surface area is 129 Å². The van der Waals surface area contributed by atoms with Crippen LogP contribution in [0.5, 0.6) is 0 Å². The van der Waals surface area contributed by atoms with E-state index in [1.165, 1.54) is 12.8 Å². The Morgan fingerprint density at radius 1 is 1.48 bits per heavy atom. The third-order valence-corrected chi connectivity index (χ3v) is 4.59. The van der Waals surface area contributed by atoms with Crippen LogP contribution < -0.4 is 5.32 Å². The summed E-state index contributed by atoms with van der Waals surface area (Å²) < 4.78 is 0. The molecule has 6 heteroatoms. The summed E-state index contributed by atoms with van der Waals surface area (Å²) in [5.74, 6) is -0.0183. The number of carboxylic acid groups (broad SMARTS) is 1. The molecule has 2 aliphatic rings. The van der Waals surface area contributed by atoms with Crippen molar-refractivity contribution in [3.63, 3.8) is 0 Å². The Bertz CT molecular complexity index is 515. The summed E-state index contributed by atoms with van der Waals surface area (Å²) in [6, 6.07) is 2.61. The van der Waals surface area contributed by atoms with Crippen molar-refractivity contribution in [2.75, 3.05) is 18.4 Å². The predicted octanol–water partition coefficient (Wildman–Crippen LogP) is 2.47. The molecular formula is C15H20ClN3O2. The molecule has 2 saturated carbocycles. The Hall–Kier alpha value is -1.33. The molecule has 0 atom stereocenters. The number of aromatic nitrogens is 1. The van der Waals surface area contributed by atoms with Gasteiger partial charge in [-0.3, -0.25) is 14.7 Å². The Morgan fingerprint density at radius 2 is 2.24 bits per heavy atom. The average molecular weight is 310 g/mol. The van der Waals surface area contributed by atoms with Gasteiger partial charge in [-0.2, -0.15) is 0 Å². The Kier molecular flexibility index (Phi) is 4.31. The molecule has 114 valence electrons. The van der Waals surface area contributed by atoms with Gasteiger partial charge >= 0.3 is 5.97 Å². The van der Waals surface area contributed by atoms with Gasteiger partial charge in [0.25, 0.3) is 0 Å². The molecule has 2 aliphatic carbocycles. The smallest absolute Gasteiger partial charge is 0.317 e. The first-order chi connectivity index (χ1) is 10.1. The quantitative estimate of drug-likeness (QED) is 0.810. The van der Waals surface area contributed by atoms with Gasteiger partial charge in [-0.25, -0.2) is 0 Å². The summed E-state index contributed by atoms with van der Waals surface area (Å²) in [6.07, 6.45) is 7.78. The number of rotatable bonds is 7. The summed E-state index contributed by atoms with van der Waals surface area (Å²) in [7, 11) is 0. The maximum absolute atomic E-state index is 11.0. The van der Waals surface area contributed by atoms with E-state index in [-0.39, 0.29) is 6.54 Å². The molecule has 0 bridgehead atoms. The lowest BCUT2D eigenvalue weighted by Crippen LogP contribution is -2.52. The lowest BCUT2D eigenvalue weighted by Gasteiger charge is -2.43. The minimum atomic E-state index is -0.732. The van der Waals surface area contributed by atoms with Crippen LogP contribution in [-0.4, -0.2) is 46.1 Å². The van der Waals surface area contributed by atoms with E-state index in [1.54, 1.807) is 12.4 Å². The van der Waals surface area contributed by atoms with Gasteiger partial charge in [-0.05, 0) is 37.7 Å². The fourth-order valence-corrected chi connectivity index (χ4v) is 3.04. The Morgan fingerprint density at radius 3 is 2.86 bits per heavy atom. The number of hydrogen-bond donors (Lipinski definition) is 2. The normalized spacial score (nSPS) is 24.7. The van der Waals surface area contributed by atoms with E-state index < -0.39 is 5.97 Å². The van der Waals surface area contributed by atoms with Gasteiger partial charge in [0.05, 0.1) is 17.3 Å². The zero-order valence-corrected chi connectivity index (χ0v) is 12.6. The zero-order chi connectivity index (χ0) is 14.8. The number of hydrogen-bond acceptors (Lipinski definition) is 4. The molecule has 1 aromatic heterocycles. The van der Waals surface area contributed by atoms with Gasteiger partial charge < -0.3 is 10.4 Å². The second kappa shape index (κ2) is 6.20. The van der Waals surface area contributed by atoms with E-state index in [0.717, 1.165) is 25.1 Å². The average Bonchev–Trinajstić information content (AvgIpc) is 3.18. The van der Waals surface area contributed by atoms with Gasteiger partial charge in [-0.15, -0.1) is 0 Å². The maximum Gasteiger partial charge on any atom is 0.317 e. The number of nitrogens with one attached hydrogen (secondary N) is 1. The van der Waals surface area contributed by atoms with Crippen LogP contribution in [0.2, 0.25) is 5.02 Å². The number of carboxylic acids is 1. The monoisotopic (exact) mass is 309 g/mol. The fourth-order valence-electron chi connectivity index (χ4n) is 2.86. The summed E-state index contributed by atoms with van der Waals surface area (Å²) in [5.41, 5.74) is 0.905. The molecule has 1 aromatic rings.